The van der Waals surface area contributed by atoms with Crippen molar-refractivity contribution in [3.05, 3.63) is 24.3 Å². The van der Waals surface area contributed by atoms with Gasteiger partial charge in [-0.05, 0) is 38.1 Å². The van der Waals surface area contributed by atoms with E-state index in [0.717, 1.165) is 0 Å². The Balaban J connectivity index is 2.82. The molecule has 20 heavy (non-hydrogen) atoms. The van der Waals surface area contributed by atoms with Crippen LogP contribution < -0.4 is 15.4 Å². The number of benzene rings is 1. The molecule has 110 valence electrons. The highest BCUT2D eigenvalue weighted by atomic mass is 32.2. The molecule has 0 unspecified atom stereocenters. The molecule has 3 amide bonds. The van der Waals surface area contributed by atoms with Gasteiger partial charge < -0.3 is 10.6 Å². The van der Waals surface area contributed by atoms with Gasteiger partial charge in [-0.1, -0.05) is 0 Å². The summed E-state index contributed by atoms with van der Waals surface area (Å²) < 4.78 is 25.7. The molecule has 0 aliphatic rings. The number of urea groups is 1. The average Bonchev–Trinajstić information content (AvgIpc) is 2.26. The molecule has 0 fully saturated rings. The molecule has 0 heterocycles. The lowest BCUT2D eigenvalue weighted by atomic mass is 10.3. The molecule has 0 aliphatic heterocycles. The Bertz CT molecular complexity index is 594. The summed E-state index contributed by atoms with van der Waals surface area (Å²) in [7, 11) is -3.93. The fourth-order valence-corrected chi connectivity index (χ4v) is 2.31. The molecule has 0 saturated heterocycles. The van der Waals surface area contributed by atoms with Crippen molar-refractivity contribution >= 4 is 27.6 Å². The monoisotopic (exact) mass is 299 g/mol. The minimum atomic E-state index is -3.93. The average molecular weight is 299 g/mol. The lowest BCUT2D eigenvalue weighted by molar-refractivity contribution is -0.114. The summed E-state index contributed by atoms with van der Waals surface area (Å²) in [5, 5.41) is 4.94. The zero-order chi connectivity index (χ0) is 15.3. The second-order valence-electron chi connectivity index (χ2n) is 4.44. The van der Waals surface area contributed by atoms with Crippen LogP contribution in [0.2, 0.25) is 0 Å². The normalized spacial score (nSPS) is 11.0. The SMILES string of the molecule is CC(=O)Nc1ccc(S(=O)(=O)NC(=O)NC(C)C)cc1. The zero-order valence-corrected chi connectivity index (χ0v) is 12.2. The lowest BCUT2D eigenvalue weighted by Crippen LogP contribution is -2.42. The van der Waals surface area contributed by atoms with E-state index in [0.29, 0.717) is 5.69 Å². The highest BCUT2D eigenvalue weighted by molar-refractivity contribution is 7.90. The van der Waals surface area contributed by atoms with Gasteiger partial charge in [-0.25, -0.2) is 17.9 Å². The number of nitrogens with one attached hydrogen (secondary N) is 3. The Morgan fingerprint density at radius 3 is 2.10 bits per heavy atom. The summed E-state index contributed by atoms with van der Waals surface area (Å²) >= 11 is 0. The van der Waals surface area contributed by atoms with Gasteiger partial charge in [0.2, 0.25) is 5.91 Å². The van der Waals surface area contributed by atoms with Crippen molar-refractivity contribution < 1.29 is 18.0 Å². The Morgan fingerprint density at radius 2 is 1.65 bits per heavy atom. The van der Waals surface area contributed by atoms with Crippen molar-refractivity contribution in [3.63, 3.8) is 0 Å². The number of carbonyl (C=O) groups is 2. The number of sulfonamides is 1. The van der Waals surface area contributed by atoms with Crippen LogP contribution >= 0.6 is 0 Å². The molecule has 0 aromatic heterocycles. The zero-order valence-electron chi connectivity index (χ0n) is 11.4. The molecule has 0 radical (unpaired) electrons. The summed E-state index contributed by atoms with van der Waals surface area (Å²) in [6.07, 6.45) is 0. The van der Waals surface area contributed by atoms with Crippen LogP contribution in [0.25, 0.3) is 0 Å². The third-order valence-electron chi connectivity index (χ3n) is 2.13. The molecule has 0 bridgehead atoms. The summed E-state index contributed by atoms with van der Waals surface area (Å²) in [5.41, 5.74) is 0.475. The molecule has 1 aromatic carbocycles. The first-order chi connectivity index (χ1) is 9.20. The number of amides is 3. The van der Waals surface area contributed by atoms with Crippen LogP contribution in [0, 0.1) is 0 Å². The maximum Gasteiger partial charge on any atom is 0.328 e. The number of hydrogen-bond acceptors (Lipinski definition) is 4. The van der Waals surface area contributed by atoms with Crippen molar-refractivity contribution in [2.75, 3.05) is 5.32 Å². The lowest BCUT2D eigenvalue weighted by Gasteiger charge is -2.11. The summed E-state index contributed by atoms with van der Waals surface area (Å²) in [6, 6.07) is 4.53. The quantitative estimate of drug-likeness (QED) is 0.772. The Hall–Kier alpha value is -2.09. The molecule has 0 atom stereocenters. The Morgan fingerprint density at radius 1 is 1.10 bits per heavy atom. The van der Waals surface area contributed by atoms with Crippen LogP contribution in [-0.4, -0.2) is 26.4 Å². The third kappa shape index (κ3) is 4.88. The maximum absolute atomic E-state index is 11.9. The van der Waals surface area contributed by atoms with Gasteiger partial charge >= 0.3 is 6.03 Å². The predicted octanol–water partition coefficient (Wildman–Crippen LogP) is 1.04. The molecular weight excluding hydrogens is 282 g/mol. The molecule has 8 heteroatoms. The fourth-order valence-electron chi connectivity index (χ4n) is 1.39. The van der Waals surface area contributed by atoms with Crippen molar-refractivity contribution in [2.24, 2.45) is 0 Å². The van der Waals surface area contributed by atoms with Gasteiger partial charge in [-0.2, -0.15) is 0 Å². The van der Waals surface area contributed by atoms with E-state index in [9.17, 15) is 18.0 Å². The Kier molecular flexibility index (Phi) is 5.09. The van der Waals surface area contributed by atoms with Gasteiger partial charge in [0.25, 0.3) is 10.0 Å². The second-order valence-corrected chi connectivity index (χ2v) is 6.12. The van der Waals surface area contributed by atoms with Gasteiger partial charge in [0, 0.05) is 18.7 Å². The molecule has 0 saturated carbocycles. The fraction of sp³-hybridized carbons (Fsp3) is 0.333. The van der Waals surface area contributed by atoms with E-state index in [1.54, 1.807) is 13.8 Å². The minimum absolute atomic E-state index is 0.0643. The van der Waals surface area contributed by atoms with Crippen LogP contribution in [0.4, 0.5) is 10.5 Å². The van der Waals surface area contributed by atoms with E-state index in [2.05, 4.69) is 10.6 Å². The second kappa shape index (κ2) is 6.38. The van der Waals surface area contributed by atoms with Gasteiger partial charge in [-0.3, -0.25) is 4.79 Å². The Labute approximate surface area is 117 Å². The minimum Gasteiger partial charge on any atom is -0.335 e. The van der Waals surface area contributed by atoms with Crippen LogP contribution in [0.5, 0.6) is 0 Å². The van der Waals surface area contributed by atoms with Crippen LogP contribution in [0.1, 0.15) is 20.8 Å². The molecule has 0 spiro atoms. The van der Waals surface area contributed by atoms with E-state index in [1.165, 1.54) is 31.2 Å². The van der Waals surface area contributed by atoms with Gasteiger partial charge in [0.1, 0.15) is 0 Å². The standard InChI is InChI=1S/C12H17N3O4S/c1-8(2)13-12(17)15-20(18,19)11-6-4-10(5-7-11)14-9(3)16/h4-8H,1-3H3,(H,14,16)(H2,13,15,17). The van der Waals surface area contributed by atoms with Crippen molar-refractivity contribution in [3.8, 4) is 0 Å². The first-order valence-corrected chi connectivity index (χ1v) is 7.40. The van der Waals surface area contributed by atoms with E-state index in [-0.39, 0.29) is 16.8 Å². The molecule has 0 aliphatic carbocycles. The number of carbonyl (C=O) groups excluding carboxylic acids is 2. The summed E-state index contributed by atoms with van der Waals surface area (Å²) in [6.45, 7) is 4.78. The van der Waals surface area contributed by atoms with E-state index in [1.807, 2.05) is 4.72 Å². The van der Waals surface area contributed by atoms with E-state index in [4.69, 9.17) is 0 Å². The summed E-state index contributed by atoms with van der Waals surface area (Å²) in [5.74, 6) is -0.255. The van der Waals surface area contributed by atoms with Crippen LogP contribution in [0.3, 0.4) is 0 Å². The highest BCUT2D eigenvalue weighted by Crippen LogP contribution is 2.13. The van der Waals surface area contributed by atoms with Crippen LogP contribution in [-0.2, 0) is 14.8 Å². The predicted molar refractivity (Wildman–Crippen MR) is 74.7 cm³/mol. The molecule has 3 N–H and O–H groups in total. The first kappa shape index (κ1) is 16.0. The summed E-state index contributed by atoms with van der Waals surface area (Å²) in [4.78, 5) is 22.2. The third-order valence-corrected chi connectivity index (χ3v) is 3.48. The molecular formula is C12H17N3O4S. The van der Waals surface area contributed by atoms with E-state index < -0.39 is 16.1 Å². The van der Waals surface area contributed by atoms with Crippen molar-refractivity contribution in [1.29, 1.82) is 0 Å². The van der Waals surface area contributed by atoms with Crippen molar-refractivity contribution in [2.45, 2.75) is 31.7 Å². The number of hydrogen-bond donors (Lipinski definition) is 3. The molecule has 1 aromatic rings. The van der Waals surface area contributed by atoms with Gasteiger partial charge in [0.05, 0.1) is 4.90 Å². The van der Waals surface area contributed by atoms with Gasteiger partial charge in [0.15, 0.2) is 0 Å². The molecule has 1 rings (SSSR count). The van der Waals surface area contributed by atoms with Gasteiger partial charge in [-0.15, -0.1) is 0 Å². The topological polar surface area (TPSA) is 104 Å². The van der Waals surface area contributed by atoms with Crippen molar-refractivity contribution in [1.82, 2.24) is 10.0 Å². The highest BCUT2D eigenvalue weighted by Gasteiger charge is 2.17. The first-order valence-electron chi connectivity index (χ1n) is 5.91. The van der Waals surface area contributed by atoms with Crippen LogP contribution in [0.15, 0.2) is 29.2 Å². The maximum atomic E-state index is 11.9. The molecule has 7 nitrogen and oxygen atoms in total. The smallest absolute Gasteiger partial charge is 0.328 e. The largest absolute Gasteiger partial charge is 0.335 e. The number of anilines is 1. The number of rotatable bonds is 4. The van der Waals surface area contributed by atoms with E-state index >= 15 is 0 Å².